The van der Waals surface area contributed by atoms with Gasteiger partial charge in [0, 0.05) is 26.6 Å². The number of anilines is 1. The molecule has 2 aromatic rings. The van der Waals surface area contributed by atoms with Crippen LogP contribution in [0.3, 0.4) is 0 Å². The van der Waals surface area contributed by atoms with Gasteiger partial charge in [0.25, 0.3) is 0 Å². The Balaban J connectivity index is 2.37. The monoisotopic (exact) mass is 331 g/mol. The number of nitrogen functional groups attached to an aromatic ring is 1. The molecule has 0 aliphatic rings. The van der Waals surface area contributed by atoms with E-state index in [9.17, 15) is 4.39 Å². The van der Waals surface area contributed by atoms with Crippen molar-refractivity contribution in [3.05, 3.63) is 46.2 Å². The lowest BCUT2D eigenvalue weighted by atomic mass is 10.3. The normalized spacial score (nSPS) is 10.6. The molecule has 0 atom stereocenters. The van der Waals surface area contributed by atoms with E-state index in [4.69, 9.17) is 33.7 Å². The summed E-state index contributed by atoms with van der Waals surface area (Å²) in [4.78, 5) is 1.42. The molecule has 0 saturated heterocycles. The second-order valence-corrected chi connectivity index (χ2v) is 5.86. The summed E-state index contributed by atoms with van der Waals surface area (Å²) in [6, 6.07) is 7.95. The van der Waals surface area contributed by atoms with E-state index in [-0.39, 0.29) is 5.75 Å². The summed E-state index contributed by atoms with van der Waals surface area (Å²) in [5, 5.41) is 1.13. The molecule has 0 heterocycles. The van der Waals surface area contributed by atoms with Crippen molar-refractivity contribution in [2.24, 2.45) is 0 Å². The quantitative estimate of drug-likeness (QED) is 0.775. The minimum absolute atomic E-state index is 0.169. The first-order valence-corrected chi connectivity index (χ1v) is 7.43. The van der Waals surface area contributed by atoms with Gasteiger partial charge in [-0.15, -0.1) is 0 Å². The highest BCUT2D eigenvalue weighted by Gasteiger charge is 2.12. The number of halogens is 3. The lowest BCUT2D eigenvalue weighted by Crippen LogP contribution is -1.98. The van der Waals surface area contributed by atoms with Crippen LogP contribution in [0, 0.1) is 5.82 Å². The van der Waals surface area contributed by atoms with Gasteiger partial charge in [-0.1, -0.05) is 35.0 Å². The van der Waals surface area contributed by atoms with E-state index in [1.807, 2.05) is 0 Å². The topological polar surface area (TPSA) is 35.2 Å². The highest BCUT2D eigenvalue weighted by Crippen LogP contribution is 2.40. The molecule has 0 aromatic heterocycles. The van der Waals surface area contributed by atoms with Crippen LogP contribution in [0.2, 0.25) is 10.0 Å². The molecule has 0 spiro atoms. The first-order chi connectivity index (χ1) is 9.51. The number of ether oxygens (including phenoxy) is 1. The molecule has 0 fully saturated rings. The molecule has 0 saturated carbocycles. The van der Waals surface area contributed by atoms with Crippen molar-refractivity contribution in [1.29, 1.82) is 0 Å². The number of nitrogens with two attached hydrogens (primary N) is 1. The van der Waals surface area contributed by atoms with E-state index in [1.165, 1.54) is 17.8 Å². The Morgan fingerprint density at radius 3 is 2.65 bits per heavy atom. The van der Waals surface area contributed by atoms with Gasteiger partial charge in [-0.2, -0.15) is 0 Å². The molecule has 0 bridgehead atoms. The Hall–Kier alpha value is -1.10. The Bertz CT molecular complexity index is 637. The first kappa shape index (κ1) is 15.3. The molecular weight excluding hydrogens is 320 g/mol. The van der Waals surface area contributed by atoms with Crippen LogP contribution < -0.4 is 10.5 Å². The maximum atomic E-state index is 13.6. The Labute approximate surface area is 131 Å². The maximum Gasteiger partial charge on any atom is 0.167 e. The largest absolute Gasteiger partial charge is 0.491 e. The highest BCUT2D eigenvalue weighted by atomic mass is 35.5. The van der Waals surface area contributed by atoms with Crippen LogP contribution in [0.1, 0.15) is 6.92 Å². The predicted molar refractivity (Wildman–Crippen MR) is 82.6 cm³/mol. The van der Waals surface area contributed by atoms with Crippen LogP contribution in [-0.4, -0.2) is 6.61 Å². The molecular formula is C14H12Cl2FNOS. The fraction of sp³-hybridized carbons (Fsp3) is 0.143. The molecule has 106 valence electrons. The van der Waals surface area contributed by atoms with Crippen LogP contribution >= 0.6 is 35.0 Å². The number of hydrogen-bond donors (Lipinski definition) is 1. The Morgan fingerprint density at radius 1 is 1.20 bits per heavy atom. The van der Waals surface area contributed by atoms with E-state index in [1.54, 1.807) is 31.2 Å². The first-order valence-electron chi connectivity index (χ1n) is 5.86. The number of benzene rings is 2. The molecule has 2 aromatic carbocycles. The van der Waals surface area contributed by atoms with E-state index in [0.29, 0.717) is 27.2 Å². The van der Waals surface area contributed by atoms with Gasteiger partial charge < -0.3 is 10.5 Å². The van der Waals surface area contributed by atoms with Crippen LogP contribution in [0.15, 0.2) is 40.1 Å². The molecule has 2 nitrogen and oxygen atoms in total. The zero-order valence-corrected chi connectivity index (χ0v) is 12.9. The van der Waals surface area contributed by atoms with Crippen LogP contribution in [0.4, 0.5) is 10.1 Å². The molecule has 6 heteroatoms. The number of rotatable bonds is 4. The third-order valence-corrected chi connectivity index (χ3v) is 4.29. The molecule has 2 N–H and O–H groups in total. The van der Waals surface area contributed by atoms with E-state index in [2.05, 4.69) is 0 Å². The van der Waals surface area contributed by atoms with Gasteiger partial charge in [-0.3, -0.25) is 0 Å². The molecule has 0 amide bonds. The van der Waals surface area contributed by atoms with E-state index in [0.717, 1.165) is 4.90 Å². The van der Waals surface area contributed by atoms with Gasteiger partial charge in [0.2, 0.25) is 0 Å². The van der Waals surface area contributed by atoms with Crippen LogP contribution in [0.5, 0.6) is 5.75 Å². The van der Waals surface area contributed by atoms with Crippen LogP contribution in [-0.2, 0) is 0 Å². The van der Waals surface area contributed by atoms with E-state index < -0.39 is 5.82 Å². The van der Waals surface area contributed by atoms with Gasteiger partial charge in [-0.25, -0.2) is 4.39 Å². The lowest BCUT2D eigenvalue weighted by Gasteiger charge is -2.11. The van der Waals surface area contributed by atoms with Gasteiger partial charge in [0.05, 0.1) is 11.6 Å². The molecule has 0 aliphatic carbocycles. The van der Waals surface area contributed by atoms with Crippen LogP contribution in [0.25, 0.3) is 0 Å². The Kier molecular flexibility index (Phi) is 5.02. The minimum Gasteiger partial charge on any atom is -0.491 e. The second kappa shape index (κ2) is 6.57. The van der Waals surface area contributed by atoms with Crippen molar-refractivity contribution in [1.82, 2.24) is 0 Å². The van der Waals surface area contributed by atoms with Crippen molar-refractivity contribution in [2.45, 2.75) is 16.7 Å². The average Bonchev–Trinajstić information content (AvgIpc) is 2.39. The molecule has 0 radical (unpaired) electrons. The third-order valence-electron chi connectivity index (χ3n) is 2.48. The third kappa shape index (κ3) is 3.51. The zero-order valence-electron chi connectivity index (χ0n) is 10.6. The summed E-state index contributed by atoms with van der Waals surface area (Å²) < 4.78 is 18.9. The maximum absolute atomic E-state index is 13.6. The fourth-order valence-electron chi connectivity index (χ4n) is 1.58. The minimum atomic E-state index is -0.481. The van der Waals surface area contributed by atoms with Gasteiger partial charge in [-0.05, 0) is 31.2 Å². The van der Waals surface area contributed by atoms with Crippen molar-refractivity contribution in [3.63, 3.8) is 0 Å². The zero-order chi connectivity index (χ0) is 14.7. The fourth-order valence-corrected chi connectivity index (χ4v) is 2.98. The van der Waals surface area contributed by atoms with E-state index >= 15 is 0 Å². The summed E-state index contributed by atoms with van der Waals surface area (Å²) in [5.74, 6) is -0.312. The van der Waals surface area contributed by atoms with Gasteiger partial charge >= 0.3 is 0 Å². The average molecular weight is 332 g/mol. The molecule has 0 aliphatic heterocycles. The Morgan fingerprint density at radius 2 is 1.95 bits per heavy atom. The van der Waals surface area contributed by atoms with Gasteiger partial charge in [0.15, 0.2) is 11.6 Å². The summed E-state index contributed by atoms with van der Waals surface area (Å²) in [7, 11) is 0. The molecule has 20 heavy (non-hydrogen) atoms. The SMILES string of the molecule is CCOc1cc(Sc2cc(Cl)ccc2Cl)c(N)cc1F. The summed E-state index contributed by atoms with van der Waals surface area (Å²) in [6.45, 7) is 2.17. The summed E-state index contributed by atoms with van der Waals surface area (Å²) >= 11 is 13.4. The van der Waals surface area contributed by atoms with Gasteiger partial charge in [0.1, 0.15) is 0 Å². The van der Waals surface area contributed by atoms with Crippen molar-refractivity contribution in [2.75, 3.05) is 12.3 Å². The predicted octanol–water partition coefficient (Wildman–Crippen LogP) is 5.26. The van der Waals surface area contributed by atoms with Crippen molar-refractivity contribution < 1.29 is 9.13 Å². The highest BCUT2D eigenvalue weighted by molar-refractivity contribution is 7.99. The second-order valence-electron chi connectivity index (χ2n) is 3.93. The smallest absolute Gasteiger partial charge is 0.167 e. The molecule has 2 rings (SSSR count). The standard InChI is InChI=1S/C14H12Cl2FNOS/c1-2-19-12-7-14(11(18)6-10(12)17)20-13-5-8(15)3-4-9(13)16/h3-7H,2,18H2,1H3. The van der Waals surface area contributed by atoms with Crippen molar-refractivity contribution >= 4 is 40.7 Å². The molecule has 0 unspecified atom stereocenters. The number of hydrogen-bond acceptors (Lipinski definition) is 3. The summed E-state index contributed by atoms with van der Waals surface area (Å²) in [6.07, 6.45) is 0. The van der Waals surface area contributed by atoms with Crippen molar-refractivity contribution in [3.8, 4) is 5.75 Å². The lowest BCUT2D eigenvalue weighted by molar-refractivity contribution is 0.321. The summed E-state index contributed by atoms with van der Waals surface area (Å²) in [5.41, 5.74) is 6.16.